The normalized spacial score (nSPS) is 11.8. The van der Waals surface area contributed by atoms with Gasteiger partial charge in [-0.2, -0.15) is 0 Å². The molecule has 0 bridgehead atoms. The van der Waals surface area contributed by atoms with E-state index in [1.165, 1.54) is 0 Å². The third-order valence-corrected chi connectivity index (χ3v) is 1.74. The van der Waals surface area contributed by atoms with Crippen LogP contribution in [0.4, 0.5) is 5.82 Å². The van der Waals surface area contributed by atoms with Crippen molar-refractivity contribution in [3.8, 4) is 12.3 Å². The monoisotopic (exact) mass is 194 g/mol. The molecule has 0 aliphatic carbocycles. The van der Waals surface area contributed by atoms with Crippen LogP contribution >= 0.6 is 11.6 Å². The smallest absolute Gasteiger partial charge is 0.131 e. The summed E-state index contributed by atoms with van der Waals surface area (Å²) in [6.07, 6.45) is 5.85. The molecule has 1 N–H and O–H groups in total. The minimum absolute atomic E-state index is 0.218. The van der Waals surface area contributed by atoms with Crippen molar-refractivity contribution in [2.75, 3.05) is 5.32 Å². The Morgan fingerprint density at radius 1 is 1.69 bits per heavy atom. The molecule has 1 atom stereocenters. The molecule has 68 valence electrons. The maximum Gasteiger partial charge on any atom is 0.131 e. The van der Waals surface area contributed by atoms with Gasteiger partial charge in [-0.3, -0.25) is 0 Å². The zero-order valence-electron chi connectivity index (χ0n) is 7.42. The zero-order chi connectivity index (χ0) is 9.68. The van der Waals surface area contributed by atoms with Crippen molar-refractivity contribution in [1.82, 2.24) is 4.98 Å². The van der Waals surface area contributed by atoms with E-state index in [1.54, 1.807) is 6.07 Å². The van der Waals surface area contributed by atoms with Crippen LogP contribution < -0.4 is 5.32 Å². The predicted octanol–water partition coefficient (Wildman–Crippen LogP) is 2.56. The van der Waals surface area contributed by atoms with E-state index in [4.69, 9.17) is 18.0 Å². The van der Waals surface area contributed by atoms with Crippen molar-refractivity contribution >= 4 is 17.4 Å². The van der Waals surface area contributed by atoms with Gasteiger partial charge in [-0.05, 0) is 19.1 Å². The molecule has 13 heavy (non-hydrogen) atoms. The van der Waals surface area contributed by atoms with Crippen LogP contribution in [0.1, 0.15) is 13.3 Å². The number of rotatable bonds is 3. The Morgan fingerprint density at radius 2 is 2.46 bits per heavy atom. The molecule has 0 saturated carbocycles. The van der Waals surface area contributed by atoms with Crippen LogP contribution in [0.25, 0.3) is 0 Å². The highest BCUT2D eigenvalue weighted by Gasteiger charge is 2.00. The van der Waals surface area contributed by atoms with E-state index in [1.807, 2.05) is 19.1 Å². The lowest BCUT2D eigenvalue weighted by atomic mass is 10.2. The lowest BCUT2D eigenvalue weighted by molar-refractivity contribution is 0.822. The van der Waals surface area contributed by atoms with Crippen LogP contribution in [0.15, 0.2) is 18.2 Å². The Hall–Kier alpha value is -1.20. The number of nitrogens with one attached hydrogen (secondary N) is 1. The number of hydrogen-bond donors (Lipinski definition) is 1. The molecule has 2 nitrogen and oxygen atoms in total. The summed E-state index contributed by atoms with van der Waals surface area (Å²) in [5, 5.41) is 3.63. The van der Waals surface area contributed by atoms with E-state index in [9.17, 15) is 0 Å². The minimum atomic E-state index is 0.218. The second-order valence-corrected chi connectivity index (χ2v) is 3.19. The second-order valence-electron chi connectivity index (χ2n) is 2.80. The van der Waals surface area contributed by atoms with Gasteiger partial charge in [0, 0.05) is 12.5 Å². The van der Waals surface area contributed by atoms with Crippen LogP contribution in [0.3, 0.4) is 0 Å². The number of terminal acetylenes is 1. The fraction of sp³-hybridized carbons (Fsp3) is 0.300. The summed E-state index contributed by atoms with van der Waals surface area (Å²) in [5.41, 5.74) is 0. The Morgan fingerprint density at radius 3 is 3.08 bits per heavy atom. The molecule has 0 radical (unpaired) electrons. The van der Waals surface area contributed by atoms with Crippen molar-refractivity contribution in [1.29, 1.82) is 0 Å². The van der Waals surface area contributed by atoms with Gasteiger partial charge in [0.15, 0.2) is 0 Å². The minimum Gasteiger partial charge on any atom is -0.367 e. The van der Waals surface area contributed by atoms with Gasteiger partial charge >= 0.3 is 0 Å². The van der Waals surface area contributed by atoms with E-state index in [0.717, 1.165) is 5.82 Å². The quantitative estimate of drug-likeness (QED) is 0.591. The molecule has 0 fully saturated rings. The van der Waals surface area contributed by atoms with Crippen LogP contribution in [-0.2, 0) is 0 Å². The van der Waals surface area contributed by atoms with Crippen LogP contribution in [-0.4, -0.2) is 11.0 Å². The number of nitrogens with zero attached hydrogens (tertiary/aromatic N) is 1. The maximum atomic E-state index is 5.71. The van der Waals surface area contributed by atoms with E-state index in [-0.39, 0.29) is 6.04 Å². The van der Waals surface area contributed by atoms with Gasteiger partial charge in [-0.1, -0.05) is 17.7 Å². The molecule has 0 amide bonds. The summed E-state index contributed by atoms with van der Waals surface area (Å²) in [6, 6.07) is 5.66. The van der Waals surface area contributed by atoms with Crippen molar-refractivity contribution in [3.05, 3.63) is 23.4 Å². The summed E-state index contributed by atoms with van der Waals surface area (Å²) >= 11 is 5.71. The lowest BCUT2D eigenvalue weighted by Gasteiger charge is -2.10. The molecular formula is C10H11ClN2. The third-order valence-electron chi connectivity index (χ3n) is 1.53. The largest absolute Gasteiger partial charge is 0.367 e. The van der Waals surface area contributed by atoms with Gasteiger partial charge in [0.25, 0.3) is 0 Å². The topological polar surface area (TPSA) is 24.9 Å². The highest BCUT2D eigenvalue weighted by molar-refractivity contribution is 6.29. The molecule has 1 aromatic heterocycles. The molecule has 0 aromatic carbocycles. The molecule has 1 aromatic rings. The molecule has 0 saturated heterocycles. The van der Waals surface area contributed by atoms with Crippen molar-refractivity contribution in [2.45, 2.75) is 19.4 Å². The van der Waals surface area contributed by atoms with Crippen molar-refractivity contribution in [3.63, 3.8) is 0 Å². The Kier molecular flexibility index (Phi) is 3.60. The van der Waals surface area contributed by atoms with E-state index >= 15 is 0 Å². The SMILES string of the molecule is C#CCC(C)Nc1cccc(Cl)n1. The Balaban J connectivity index is 2.59. The van der Waals surface area contributed by atoms with Gasteiger partial charge in [-0.25, -0.2) is 4.98 Å². The third kappa shape index (κ3) is 3.35. The molecule has 1 rings (SSSR count). The fourth-order valence-corrected chi connectivity index (χ4v) is 1.13. The first-order valence-electron chi connectivity index (χ1n) is 4.05. The van der Waals surface area contributed by atoms with Crippen LogP contribution in [0.5, 0.6) is 0 Å². The number of aromatic nitrogens is 1. The van der Waals surface area contributed by atoms with Crippen LogP contribution in [0.2, 0.25) is 5.15 Å². The summed E-state index contributed by atoms with van der Waals surface area (Å²) in [6.45, 7) is 2.00. The van der Waals surface area contributed by atoms with E-state index in [2.05, 4.69) is 16.2 Å². The number of halogens is 1. The molecule has 0 aliphatic heterocycles. The summed E-state index contributed by atoms with van der Waals surface area (Å²) in [5.74, 6) is 3.34. The van der Waals surface area contributed by atoms with Gasteiger partial charge in [0.2, 0.25) is 0 Å². The number of anilines is 1. The average molecular weight is 195 g/mol. The molecular weight excluding hydrogens is 184 g/mol. The number of pyridine rings is 1. The molecule has 0 spiro atoms. The first-order chi connectivity index (χ1) is 6.22. The summed E-state index contributed by atoms with van der Waals surface area (Å²) in [4.78, 5) is 4.08. The first-order valence-corrected chi connectivity index (χ1v) is 4.42. The van der Waals surface area contributed by atoms with Gasteiger partial charge < -0.3 is 5.32 Å². The summed E-state index contributed by atoms with van der Waals surface area (Å²) in [7, 11) is 0. The molecule has 3 heteroatoms. The Bertz CT molecular complexity index is 317. The van der Waals surface area contributed by atoms with Gasteiger partial charge in [0.1, 0.15) is 11.0 Å². The highest BCUT2D eigenvalue weighted by Crippen LogP contribution is 2.10. The first kappa shape index (κ1) is 9.88. The second kappa shape index (κ2) is 4.74. The average Bonchev–Trinajstić information content (AvgIpc) is 2.04. The van der Waals surface area contributed by atoms with Crippen molar-refractivity contribution < 1.29 is 0 Å². The molecule has 1 unspecified atom stereocenters. The maximum absolute atomic E-state index is 5.71. The predicted molar refractivity (Wildman–Crippen MR) is 55.8 cm³/mol. The Labute approximate surface area is 83.3 Å². The fourth-order valence-electron chi connectivity index (χ4n) is 0.969. The van der Waals surface area contributed by atoms with Crippen molar-refractivity contribution in [2.24, 2.45) is 0 Å². The number of hydrogen-bond acceptors (Lipinski definition) is 2. The molecule has 1 heterocycles. The standard InChI is InChI=1S/C10H11ClN2/c1-3-5-8(2)12-10-7-4-6-9(11)13-10/h1,4,6-8H,5H2,2H3,(H,12,13). The summed E-state index contributed by atoms with van der Waals surface area (Å²) < 4.78 is 0. The lowest BCUT2D eigenvalue weighted by Crippen LogP contribution is -2.14. The van der Waals surface area contributed by atoms with E-state index < -0.39 is 0 Å². The van der Waals surface area contributed by atoms with E-state index in [0.29, 0.717) is 11.6 Å². The van der Waals surface area contributed by atoms with Gasteiger partial charge in [-0.15, -0.1) is 12.3 Å². The molecule has 0 aliphatic rings. The zero-order valence-corrected chi connectivity index (χ0v) is 8.17. The van der Waals surface area contributed by atoms with Gasteiger partial charge in [0.05, 0.1) is 0 Å². The van der Waals surface area contributed by atoms with Crippen LogP contribution in [0, 0.1) is 12.3 Å². The highest BCUT2D eigenvalue weighted by atomic mass is 35.5.